The third kappa shape index (κ3) is 1.56. The van der Waals surface area contributed by atoms with Gasteiger partial charge in [-0.15, -0.1) is 0 Å². The van der Waals surface area contributed by atoms with Gasteiger partial charge in [0, 0.05) is 7.05 Å². The van der Waals surface area contributed by atoms with Crippen LogP contribution in [0.25, 0.3) is 21.9 Å². The maximum atomic E-state index is 12.6. The van der Waals surface area contributed by atoms with Crippen LogP contribution in [0.1, 0.15) is 0 Å². The molecule has 0 aliphatic heterocycles. The highest BCUT2D eigenvalue weighted by atomic mass is 16.5. The standard InChI is InChI=1S/C13H13N5O2/c1-18-8-4-3-6(20-2)5-7(8)10(19)9-11(14)16-13(15)17-12(9)18/h3-5H,1-2H3,(H4,14,15,16,17). The second kappa shape index (κ2) is 4.09. The molecule has 0 atom stereocenters. The van der Waals surface area contributed by atoms with Crippen LogP contribution >= 0.6 is 0 Å². The minimum atomic E-state index is -0.232. The van der Waals surface area contributed by atoms with Gasteiger partial charge in [0.05, 0.1) is 18.0 Å². The molecular weight excluding hydrogens is 258 g/mol. The van der Waals surface area contributed by atoms with Crippen molar-refractivity contribution in [3.8, 4) is 5.75 Å². The first kappa shape index (κ1) is 12.2. The summed E-state index contributed by atoms with van der Waals surface area (Å²) >= 11 is 0. The first-order chi connectivity index (χ1) is 9.52. The predicted octanol–water partition coefficient (Wildman–Crippen LogP) is 0.655. The number of aryl methyl sites for hydroxylation is 1. The van der Waals surface area contributed by atoms with Crippen molar-refractivity contribution in [3.63, 3.8) is 0 Å². The van der Waals surface area contributed by atoms with Crippen molar-refractivity contribution in [1.29, 1.82) is 0 Å². The first-order valence-electron chi connectivity index (χ1n) is 5.92. The third-order valence-corrected chi connectivity index (χ3v) is 3.29. The van der Waals surface area contributed by atoms with Crippen molar-refractivity contribution >= 4 is 33.7 Å². The van der Waals surface area contributed by atoms with Gasteiger partial charge < -0.3 is 20.8 Å². The van der Waals surface area contributed by atoms with E-state index in [0.717, 1.165) is 5.52 Å². The summed E-state index contributed by atoms with van der Waals surface area (Å²) < 4.78 is 6.91. The highest BCUT2D eigenvalue weighted by Gasteiger charge is 2.14. The molecule has 3 rings (SSSR count). The Balaban J connectivity index is 2.61. The number of nitrogens with two attached hydrogens (primary N) is 2. The molecule has 1 aromatic carbocycles. The lowest BCUT2D eigenvalue weighted by atomic mass is 10.1. The van der Waals surface area contributed by atoms with Crippen LogP contribution in [-0.2, 0) is 7.05 Å². The van der Waals surface area contributed by atoms with Crippen LogP contribution in [0.5, 0.6) is 5.75 Å². The van der Waals surface area contributed by atoms with Crippen molar-refractivity contribution in [3.05, 3.63) is 28.4 Å². The number of hydrogen-bond acceptors (Lipinski definition) is 6. The predicted molar refractivity (Wildman–Crippen MR) is 77.7 cm³/mol. The Morgan fingerprint density at radius 2 is 2.00 bits per heavy atom. The number of hydrogen-bond donors (Lipinski definition) is 2. The van der Waals surface area contributed by atoms with Crippen molar-refractivity contribution in [2.75, 3.05) is 18.6 Å². The Bertz CT molecular complexity index is 901. The lowest BCUT2D eigenvalue weighted by Gasteiger charge is -2.11. The van der Waals surface area contributed by atoms with Crippen LogP contribution in [0.2, 0.25) is 0 Å². The van der Waals surface area contributed by atoms with Crippen molar-refractivity contribution in [2.45, 2.75) is 0 Å². The number of anilines is 2. The lowest BCUT2D eigenvalue weighted by Crippen LogP contribution is -2.14. The smallest absolute Gasteiger partial charge is 0.223 e. The van der Waals surface area contributed by atoms with Gasteiger partial charge in [0.25, 0.3) is 0 Å². The fourth-order valence-electron chi connectivity index (χ4n) is 2.31. The van der Waals surface area contributed by atoms with Crippen molar-refractivity contribution in [1.82, 2.24) is 14.5 Å². The van der Waals surface area contributed by atoms with E-state index in [1.54, 1.807) is 36.9 Å². The second-order valence-electron chi connectivity index (χ2n) is 4.44. The number of nitrogen functional groups attached to an aromatic ring is 2. The number of aromatic nitrogens is 3. The Morgan fingerprint density at radius 3 is 2.70 bits per heavy atom. The van der Waals surface area contributed by atoms with Gasteiger partial charge in [-0.2, -0.15) is 9.97 Å². The topological polar surface area (TPSA) is 109 Å². The average Bonchev–Trinajstić information content (AvgIpc) is 2.43. The molecule has 7 heteroatoms. The van der Waals surface area contributed by atoms with E-state index < -0.39 is 0 Å². The zero-order chi connectivity index (χ0) is 14.4. The zero-order valence-electron chi connectivity index (χ0n) is 11.0. The zero-order valence-corrected chi connectivity index (χ0v) is 11.0. The molecule has 0 spiro atoms. The summed E-state index contributed by atoms with van der Waals surface area (Å²) in [5, 5.41) is 0.766. The largest absolute Gasteiger partial charge is 0.497 e. The minimum absolute atomic E-state index is 0.0397. The minimum Gasteiger partial charge on any atom is -0.497 e. The molecule has 0 unspecified atom stereocenters. The van der Waals surface area contributed by atoms with Gasteiger partial charge in [-0.1, -0.05) is 0 Å². The molecule has 0 fully saturated rings. The SMILES string of the molecule is COc1ccc2c(c1)c(=O)c1c(N)nc(N)nc1n2C. The van der Waals surface area contributed by atoms with E-state index in [1.807, 2.05) is 0 Å². The Kier molecular flexibility index (Phi) is 2.50. The van der Waals surface area contributed by atoms with Crippen LogP contribution < -0.4 is 21.6 Å². The Morgan fingerprint density at radius 1 is 1.25 bits per heavy atom. The fourth-order valence-corrected chi connectivity index (χ4v) is 2.31. The van der Waals surface area contributed by atoms with E-state index >= 15 is 0 Å². The van der Waals surface area contributed by atoms with E-state index in [9.17, 15) is 4.79 Å². The summed E-state index contributed by atoms with van der Waals surface area (Å²) in [5.74, 6) is 0.722. The molecule has 7 nitrogen and oxygen atoms in total. The summed E-state index contributed by atoms with van der Waals surface area (Å²) in [4.78, 5) is 20.5. The highest BCUT2D eigenvalue weighted by Crippen LogP contribution is 2.23. The number of rotatable bonds is 1. The first-order valence-corrected chi connectivity index (χ1v) is 5.92. The molecule has 2 heterocycles. The van der Waals surface area contributed by atoms with E-state index in [-0.39, 0.29) is 22.6 Å². The normalized spacial score (nSPS) is 11.1. The molecule has 0 bridgehead atoms. The van der Waals surface area contributed by atoms with Crippen LogP contribution in [0, 0.1) is 0 Å². The van der Waals surface area contributed by atoms with Crippen molar-refractivity contribution < 1.29 is 4.74 Å². The fraction of sp³-hybridized carbons (Fsp3) is 0.154. The number of nitrogens with zero attached hydrogens (tertiary/aromatic N) is 3. The lowest BCUT2D eigenvalue weighted by molar-refractivity contribution is 0.415. The average molecular weight is 271 g/mol. The quantitative estimate of drug-likeness (QED) is 0.629. The van der Waals surface area contributed by atoms with Crippen LogP contribution in [-0.4, -0.2) is 21.6 Å². The molecule has 0 aliphatic rings. The molecule has 0 radical (unpaired) electrons. The van der Waals surface area contributed by atoms with Gasteiger partial charge in [0.1, 0.15) is 17.0 Å². The number of ether oxygens (including phenoxy) is 1. The molecule has 3 aromatic rings. The molecule has 0 amide bonds. The molecule has 0 saturated heterocycles. The van der Waals surface area contributed by atoms with E-state index in [1.165, 1.54) is 0 Å². The summed E-state index contributed by atoms with van der Waals surface area (Å²) in [6.07, 6.45) is 0. The summed E-state index contributed by atoms with van der Waals surface area (Å²) in [7, 11) is 3.34. The second-order valence-corrected chi connectivity index (χ2v) is 4.44. The summed E-state index contributed by atoms with van der Waals surface area (Å²) in [6, 6.07) is 5.25. The molecule has 0 aliphatic carbocycles. The Hall–Kier alpha value is -2.83. The number of fused-ring (bicyclic) bond motifs is 2. The molecule has 102 valence electrons. The molecular formula is C13H13N5O2. The highest BCUT2D eigenvalue weighted by molar-refractivity contribution is 5.97. The Labute approximate surface area is 113 Å². The maximum absolute atomic E-state index is 12.6. The molecule has 20 heavy (non-hydrogen) atoms. The van der Waals surface area contributed by atoms with E-state index in [2.05, 4.69) is 9.97 Å². The molecule has 0 saturated carbocycles. The molecule has 2 aromatic heterocycles. The van der Waals surface area contributed by atoms with Gasteiger partial charge >= 0.3 is 0 Å². The third-order valence-electron chi connectivity index (χ3n) is 3.29. The monoisotopic (exact) mass is 271 g/mol. The van der Waals surface area contributed by atoms with Crippen LogP contribution in [0.3, 0.4) is 0 Å². The summed E-state index contributed by atoms with van der Waals surface area (Å²) in [5.41, 5.74) is 12.3. The van der Waals surface area contributed by atoms with Gasteiger partial charge in [-0.25, -0.2) is 0 Å². The molecule has 4 N–H and O–H groups in total. The number of methoxy groups -OCH3 is 1. The van der Waals surface area contributed by atoms with E-state index in [0.29, 0.717) is 16.8 Å². The van der Waals surface area contributed by atoms with Gasteiger partial charge in [-0.3, -0.25) is 4.79 Å². The number of benzene rings is 1. The van der Waals surface area contributed by atoms with Gasteiger partial charge in [-0.05, 0) is 18.2 Å². The van der Waals surface area contributed by atoms with Gasteiger partial charge in [0.2, 0.25) is 11.4 Å². The van der Waals surface area contributed by atoms with Crippen LogP contribution in [0.15, 0.2) is 23.0 Å². The van der Waals surface area contributed by atoms with E-state index in [4.69, 9.17) is 16.2 Å². The summed E-state index contributed by atoms with van der Waals surface area (Å²) in [6.45, 7) is 0. The number of pyridine rings is 1. The van der Waals surface area contributed by atoms with Crippen molar-refractivity contribution in [2.24, 2.45) is 7.05 Å². The maximum Gasteiger partial charge on any atom is 0.223 e. The van der Waals surface area contributed by atoms with Gasteiger partial charge in [0.15, 0.2) is 5.65 Å². The van der Waals surface area contributed by atoms with Crippen LogP contribution in [0.4, 0.5) is 11.8 Å².